The van der Waals surface area contributed by atoms with Gasteiger partial charge in [-0.05, 0) is 20.8 Å². The highest BCUT2D eigenvalue weighted by Gasteiger charge is 2.16. The van der Waals surface area contributed by atoms with E-state index in [1.165, 1.54) is 14.2 Å². The fourth-order valence-corrected chi connectivity index (χ4v) is 0.744. The van der Waals surface area contributed by atoms with E-state index in [4.69, 9.17) is 14.2 Å². The number of carbonyl (C=O) groups excluding carboxylic acids is 1. The van der Waals surface area contributed by atoms with E-state index in [1.807, 2.05) is 0 Å². The number of rotatable bonds is 4. The summed E-state index contributed by atoms with van der Waals surface area (Å²) in [7, 11) is 3.01. The van der Waals surface area contributed by atoms with Crippen molar-refractivity contribution in [2.24, 2.45) is 0 Å². The van der Waals surface area contributed by atoms with Gasteiger partial charge in [0.1, 0.15) is 5.60 Å². The van der Waals surface area contributed by atoms with Crippen LogP contribution in [0.5, 0.6) is 0 Å². The predicted octanol–water partition coefficient (Wildman–Crippen LogP) is 1.13. The van der Waals surface area contributed by atoms with Crippen LogP contribution in [-0.4, -0.2) is 38.7 Å². The first-order valence-electron chi connectivity index (χ1n) is 4.41. The summed E-state index contributed by atoms with van der Waals surface area (Å²) in [4.78, 5) is 11.2. The van der Waals surface area contributed by atoms with Gasteiger partial charge in [-0.1, -0.05) is 0 Å². The molecule has 1 amide bonds. The van der Waals surface area contributed by atoms with Crippen LogP contribution in [0.25, 0.3) is 0 Å². The predicted molar refractivity (Wildman–Crippen MR) is 52.0 cm³/mol. The summed E-state index contributed by atoms with van der Waals surface area (Å²) >= 11 is 0. The summed E-state index contributed by atoms with van der Waals surface area (Å²) in [6, 6.07) is 0. The summed E-state index contributed by atoms with van der Waals surface area (Å²) in [6.45, 7) is 5.67. The maximum Gasteiger partial charge on any atom is 0.407 e. The number of carbonyl (C=O) groups is 1. The van der Waals surface area contributed by atoms with E-state index in [0.717, 1.165) is 0 Å². The first kappa shape index (κ1) is 13.2. The molecule has 0 bridgehead atoms. The van der Waals surface area contributed by atoms with Gasteiger partial charge in [0.05, 0.1) is 6.54 Å². The minimum absolute atomic E-state index is 0.266. The van der Waals surface area contributed by atoms with E-state index in [2.05, 4.69) is 5.32 Å². The standard InChI is InChI=1S/C9H19NO4/c1-9(2,3)14-8(11)10-6-7(12-4)13-5/h7H,6H2,1-5H3,(H,10,11). The second-order valence-electron chi connectivity index (χ2n) is 3.78. The molecule has 0 heterocycles. The number of nitrogens with one attached hydrogen (secondary N) is 1. The van der Waals surface area contributed by atoms with Gasteiger partial charge in [0, 0.05) is 14.2 Å². The van der Waals surface area contributed by atoms with E-state index in [0.29, 0.717) is 0 Å². The Morgan fingerprint density at radius 3 is 2.14 bits per heavy atom. The molecule has 0 fully saturated rings. The van der Waals surface area contributed by atoms with E-state index >= 15 is 0 Å². The second-order valence-corrected chi connectivity index (χ2v) is 3.78. The van der Waals surface area contributed by atoms with Crippen LogP contribution in [-0.2, 0) is 14.2 Å². The monoisotopic (exact) mass is 205 g/mol. The smallest absolute Gasteiger partial charge is 0.407 e. The van der Waals surface area contributed by atoms with Crippen LogP contribution in [0.15, 0.2) is 0 Å². The molecule has 5 nitrogen and oxygen atoms in total. The molecule has 0 radical (unpaired) electrons. The van der Waals surface area contributed by atoms with E-state index < -0.39 is 18.0 Å². The average molecular weight is 205 g/mol. The highest BCUT2D eigenvalue weighted by molar-refractivity contribution is 5.67. The van der Waals surface area contributed by atoms with Gasteiger partial charge >= 0.3 is 6.09 Å². The van der Waals surface area contributed by atoms with E-state index in [-0.39, 0.29) is 6.54 Å². The highest BCUT2D eigenvalue weighted by Crippen LogP contribution is 2.06. The van der Waals surface area contributed by atoms with Crippen molar-refractivity contribution >= 4 is 6.09 Å². The number of hydrogen-bond acceptors (Lipinski definition) is 4. The highest BCUT2D eigenvalue weighted by atomic mass is 16.7. The first-order chi connectivity index (χ1) is 6.39. The van der Waals surface area contributed by atoms with Crippen LogP contribution in [0.3, 0.4) is 0 Å². The van der Waals surface area contributed by atoms with Crippen LogP contribution in [0, 0.1) is 0 Å². The van der Waals surface area contributed by atoms with Gasteiger partial charge in [0.2, 0.25) is 0 Å². The summed E-state index contributed by atoms with van der Waals surface area (Å²) in [5, 5.41) is 2.53. The zero-order chi connectivity index (χ0) is 11.2. The Bertz CT molecular complexity index is 172. The molecule has 0 unspecified atom stereocenters. The van der Waals surface area contributed by atoms with Crippen molar-refractivity contribution in [3.05, 3.63) is 0 Å². The topological polar surface area (TPSA) is 56.8 Å². The lowest BCUT2D eigenvalue weighted by Gasteiger charge is -2.21. The molecule has 0 aliphatic rings. The average Bonchev–Trinajstić information content (AvgIpc) is 2.03. The number of alkyl carbamates (subject to hydrolysis) is 1. The number of ether oxygens (including phenoxy) is 3. The summed E-state index contributed by atoms with van der Waals surface area (Å²) in [6.07, 6.45) is -0.917. The second kappa shape index (κ2) is 5.82. The van der Waals surface area contributed by atoms with Crippen LogP contribution >= 0.6 is 0 Å². The molecule has 84 valence electrons. The molecular weight excluding hydrogens is 186 g/mol. The lowest BCUT2D eigenvalue weighted by Crippen LogP contribution is -2.38. The lowest BCUT2D eigenvalue weighted by atomic mass is 10.2. The summed E-state index contributed by atoms with van der Waals surface area (Å²) in [5.74, 6) is 0. The largest absolute Gasteiger partial charge is 0.444 e. The zero-order valence-corrected chi connectivity index (χ0v) is 9.42. The first-order valence-corrected chi connectivity index (χ1v) is 4.41. The molecular formula is C9H19NO4. The molecule has 0 saturated heterocycles. The maximum atomic E-state index is 11.2. The van der Waals surface area contributed by atoms with Crippen LogP contribution in [0.1, 0.15) is 20.8 Å². The van der Waals surface area contributed by atoms with Gasteiger partial charge in [-0.2, -0.15) is 0 Å². The molecule has 0 aromatic heterocycles. The Morgan fingerprint density at radius 2 is 1.79 bits per heavy atom. The Hall–Kier alpha value is -0.810. The quantitative estimate of drug-likeness (QED) is 0.699. The fraction of sp³-hybridized carbons (Fsp3) is 0.889. The van der Waals surface area contributed by atoms with E-state index in [1.54, 1.807) is 20.8 Å². The Labute approximate surface area is 84.7 Å². The molecule has 0 aromatic rings. The molecule has 0 atom stereocenters. The molecule has 14 heavy (non-hydrogen) atoms. The fourth-order valence-electron chi connectivity index (χ4n) is 0.744. The van der Waals surface area contributed by atoms with E-state index in [9.17, 15) is 4.79 Å². The summed E-state index contributed by atoms with van der Waals surface area (Å²) in [5.41, 5.74) is -0.486. The third kappa shape index (κ3) is 6.68. The third-order valence-corrected chi connectivity index (χ3v) is 1.34. The molecule has 0 spiro atoms. The minimum atomic E-state index is -0.486. The Balaban J connectivity index is 3.74. The molecule has 1 N–H and O–H groups in total. The number of amides is 1. The number of methoxy groups -OCH3 is 2. The molecule has 0 aliphatic heterocycles. The van der Waals surface area contributed by atoms with Crippen LogP contribution < -0.4 is 5.32 Å². The normalized spacial score (nSPS) is 11.6. The van der Waals surface area contributed by atoms with Crippen molar-refractivity contribution in [2.75, 3.05) is 20.8 Å². The van der Waals surface area contributed by atoms with Gasteiger partial charge in [-0.25, -0.2) is 4.79 Å². The van der Waals surface area contributed by atoms with Gasteiger partial charge in [0.25, 0.3) is 0 Å². The molecule has 0 saturated carbocycles. The van der Waals surface area contributed by atoms with Crippen molar-refractivity contribution < 1.29 is 19.0 Å². The van der Waals surface area contributed by atoms with Gasteiger partial charge in [0.15, 0.2) is 6.29 Å². The Morgan fingerprint density at radius 1 is 1.29 bits per heavy atom. The van der Waals surface area contributed by atoms with Gasteiger partial charge < -0.3 is 19.5 Å². The maximum absolute atomic E-state index is 11.2. The SMILES string of the molecule is COC(CNC(=O)OC(C)(C)C)OC. The molecule has 0 aliphatic carbocycles. The van der Waals surface area contributed by atoms with Crippen molar-refractivity contribution in [1.29, 1.82) is 0 Å². The summed E-state index contributed by atoms with van der Waals surface area (Å²) < 4.78 is 14.8. The lowest BCUT2D eigenvalue weighted by molar-refractivity contribution is -0.0987. The van der Waals surface area contributed by atoms with Crippen molar-refractivity contribution in [2.45, 2.75) is 32.7 Å². The van der Waals surface area contributed by atoms with Crippen LogP contribution in [0.4, 0.5) is 4.79 Å². The minimum Gasteiger partial charge on any atom is -0.444 e. The molecule has 0 aromatic carbocycles. The van der Waals surface area contributed by atoms with Gasteiger partial charge in [-0.3, -0.25) is 0 Å². The van der Waals surface area contributed by atoms with Crippen molar-refractivity contribution in [3.8, 4) is 0 Å². The van der Waals surface area contributed by atoms with Crippen LogP contribution in [0.2, 0.25) is 0 Å². The molecule has 0 rings (SSSR count). The van der Waals surface area contributed by atoms with Crippen molar-refractivity contribution in [3.63, 3.8) is 0 Å². The van der Waals surface area contributed by atoms with Gasteiger partial charge in [-0.15, -0.1) is 0 Å². The van der Waals surface area contributed by atoms with Crippen molar-refractivity contribution in [1.82, 2.24) is 5.32 Å². The Kier molecular flexibility index (Phi) is 5.49. The third-order valence-electron chi connectivity index (χ3n) is 1.34. The molecule has 5 heteroatoms. The zero-order valence-electron chi connectivity index (χ0n) is 9.42. The number of hydrogen-bond donors (Lipinski definition) is 1.